The number of aromatic nitrogens is 7. The number of aromatic amines is 4. The molecule has 4 aromatic carbocycles. The molecule has 0 bridgehead atoms. The second-order valence-electron chi connectivity index (χ2n) is 29.3. The number of alkyl halides is 2. The zero-order chi connectivity index (χ0) is 72.3. The number of piperidine rings is 3. The van der Waals surface area contributed by atoms with E-state index in [0.29, 0.717) is 156 Å². The van der Waals surface area contributed by atoms with Crippen LogP contribution in [0.1, 0.15) is 109 Å². The van der Waals surface area contributed by atoms with E-state index in [4.69, 9.17) is 34.8 Å². The number of rotatable bonds is 12. The van der Waals surface area contributed by atoms with Gasteiger partial charge in [0.15, 0.2) is 0 Å². The molecular formula is C71H85Cl3F2N18O8S. The van der Waals surface area contributed by atoms with Gasteiger partial charge in [-0.05, 0) is 137 Å². The Bertz CT molecular complexity index is 4520. The molecule has 7 saturated heterocycles. The number of fused-ring (bicyclic) bond motifs is 4. The van der Waals surface area contributed by atoms with Crippen molar-refractivity contribution < 1.29 is 46.0 Å². The summed E-state index contributed by atoms with van der Waals surface area (Å²) >= 11 is 18.8. The monoisotopic (exact) mass is 1490 g/mol. The minimum absolute atomic E-state index is 0.0320. The molecule has 11 heterocycles. The minimum Gasteiger partial charge on any atom is -0.371 e. The Morgan fingerprint density at radius 2 is 0.864 bits per heavy atom. The van der Waals surface area contributed by atoms with Crippen LogP contribution in [0, 0.1) is 17.8 Å². The summed E-state index contributed by atoms with van der Waals surface area (Å²) < 4.78 is 50.6. The van der Waals surface area contributed by atoms with Gasteiger partial charge in [0.05, 0.1) is 41.4 Å². The van der Waals surface area contributed by atoms with E-state index in [1.807, 2.05) is 61.2 Å². The first-order valence-electron chi connectivity index (χ1n) is 35.5. The summed E-state index contributed by atoms with van der Waals surface area (Å²) in [6.07, 6.45) is 17.5. The third-order valence-corrected chi connectivity index (χ3v) is 23.9. The van der Waals surface area contributed by atoms with E-state index in [-0.39, 0.29) is 47.3 Å². The molecule has 103 heavy (non-hydrogen) atoms. The van der Waals surface area contributed by atoms with Gasteiger partial charge < -0.3 is 40.5 Å². The molecule has 2 saturated carbocycles. The number of H-pyrrole nitrogens is 4. The fourth-order valence-corrected chi connectivity index (χ4v) is 17.5. The Labute approximate surface area is 609 Å². The highest BCUT2D eigenvalue weighted by Crippen LogP contribution is 2.42. The van der Waals surface area contributed by atoms with Gasteiger partial charge in [-0.1, -0.05) is 67.9 Å². The fraction of sp³-hybridized carbons (Fsp3) is 0.507. The lowest BCUT2D eigenvalue weighted by molar-refractivity contribution is -0.133. The van der Waals surface area contributed by atoms with Gasteiger partial charge in [0, 0.05) is 162 Å². The molecule has 0 atom stereocenters. The molecule has 17 rings (SSSR count). The smallest absolute Gasteiger partial charge is 0.325 e. The van der Waals surface area contributed by atoms with Gasteiger partial charge in [0.2, 0.25) is 10.0 Å². The van der Waals surface area contributed by atoms with E-state index in [1.54, 1.807) is 24.8 Å². The average molecular weight is 1500 g/mol. The molecular weight excluding hydrogens is 1410 g/mol. The lowest BCUT2D eigenvalue weighted by Crippen LogP contribution is -2.55. The molecule has 0 unspecified atom stereocenters. The summed E-state index contributed by atoms with van der Waals surface area (Å²) in [7, 11) is -3.20. The quantitative estimate of drug-likeness (QED) is 0.0560. The number of nitrogens with zero attached hydrogens (tertiary/aromatic N) is 11. The van der Waals surface area contributed by atoms with Gasteiger partial charge in [0.1, 0.15) is 16.6 Å². The van der Waals surface area contributed by atoms with E-state index < -0.39 is 33.1 Å². The highest BCUT2D eigenvalue weighted by molar-refractivity contribution is 7.88. The van der Waals surface area contributed by atoms with Crippen LogP contribution in [-0.4, -0.2) is 207 Å². The SMILES string of the molecule is CC(C)CN1C(=O)NC2(CCN(c3cc(Cl)cc4[nH]ncc34)CC2)C1=O.CS(=O)(=O)N1CCN(c2cc(C(F)F)cc3[nH]ccc23)CC1.O=C1NC2(CCN(c3cc(Cl)cc4[nH]ncc34)CC2)C(=O)N1CC1CC1.O=C1NC2(CCN(c3cc(Cl)cc4[nH]ncc34)CC2)C(=O)N1CC1CCCCC1. The number of nitrogens with one attached hydrogen (secondary N) is 7. The average Bonchev–Trinajstić information content (AvgIpc) is 1.29. The normalized spacial score (nSPS) is 20.8. The minimum atomic E-state index is -3.20. The van der Waals surface area contributed by atoms with E-state index >= 15 is 0 Å². The molecule has 9 fully saturated rings. The summed E-state index contributed by atoms with van der Waals surface area (Å²) in [5.74, 6) is 1.03. The zero-order valence-electron chi connectivity index (χ0n) is 57.7. The number of sulfonamides is 1. The molecule has 32 heteroatoms. The second-order valence-corrected chi connectivity index (χ2v) is 32.6. The fourth-order valence-electron chi connectivity index (χ4n) is 16.1. The number of hydrogen-bond donors (Lipinski definition) is 7. The Balaban J connectivity index is 0.000000117. The van der Waals surface area contributed by atoms with Gasteiger partial charge in [-0.25, -0.2) is 31.6 Å². The van der Waals surface area contributed by atoms with Crippen LogP contribution in [0.2, 0.25) is 15.1 Å². The number of piperazine rings is 1. The molecule has 9 aliphatic rings. The Kier molecular flexibility index (Phi) is 20.0. The number of imide groups is 3. The maximum absolute atomic E-state index is 13.2. The Hall–Kier alpha value is -8.51. The van der Waals surface area contributed by atoms with Gasteiger partial charge in [0.25, 0.3) is 24.1 Å². The maximum Gasteiger partial charge on any atom is 0.325 e. The van der Waals surface area contributed by atoms with Crippen LogP contribution < -0.4 is 35.6 Å². The van der Waals surface area contributed by atoms with Gasteiger partial charge in [-0.2, -0.15) is 19.6 Å². The van der Waals surface area contributed by atoms with Crippen LogP contribution >= 0.6 is 34.8 Å². The van der Waals surface area contributed by atoms with Gasteiger partial charge in [-0.3, -0.25) is 44.4 Å². The number of urea groups is 3. The highest BCUT2D eigenvalue weighted by Gasteiger charge is 2.56. The molecule has 0 radical (unpaired) electrons. The molecule has 7 aliphatic heterocycles. The first kappa shape index (κ1) is 71.5. The largest absolute Gasteiger partial charge is 0.371 e. The summed E-state index contributed by atoms with van der Waals surface area (Å²) in [6, 6.07) is 15.5. The number of anilines is 4. The van der Waals surface area contributed by atoms with Crippen LogP contribution in [0.4, 0.5) is 45.9 Å². The molecule has 8 aromatic rings. The van der Waals surface area contributed by atoms with Crippen LogP contribution in [0.5, 0.6) is 0 Å². The maximum atomic E-state index is 13.2. The van der Waals surface area contributed by atoms with Gasteiger partial charge >= 0.3 is 18.1 Å². The summed E-state index contributed by atoms with van der Waals surface area (Å²) in [4.78, 5) is 92.1. The zero-order valence-corrected chi connectivity index (χ0v) is 60.8. The van der Waals surface area contributed by atoms with Crippen LogP contribution in [-0.2, 0) is 24.4 Å². The van der Waals surface area contributed by atoms with Crippen molar-refractivity contribution in [3.8, 4) is 0 Å². The van der Waals surface area contributed by atoms with Crippen LogP contribution in [0.25, 0.3) is 43.6 Å². The summed E-state index contributed by atoms with van der Waals surface area (Å²) in [5.41, 5.74) is 4.83. The van der Waals surface area contributed by atoms with Crippen LogP contribution in [0.15, 0.2) is 79.4 Å². The molecule has 2 aliphatic carbocycles. The summed E-state index contributed by atoms with van der Waals surface area (Å²) in [5, 5.41) is 36.0. The van der Waals surface area contributed by atoms with Crippen molar-refractivity contribution in [2.75, 3.05) is 111 Å². The standard InChI is InChI=1S/C21H26ClN5O2.C18H20ClN5O2.C18H22ClN5O2.C14H17F2N3O2S/c22-15-10-17-16(12-23-25-17)18(11-15)26-8-6-21(7-9-26)19(28)27(20(29)24-21)13-14-4-2-1-3-5-14;19-12-7-14-13(9-20-22-14)15(8-12)23-5-3-18(4-6-23)16(25)24(17(26)21-18)10-11-1-2-11;1-11(2)10-24-16(25)18(21-17(24)26)3-5-23(6-4-18)15-8-12(19)7-14-13(15)9-20-22-14;1-22(20,21)19-6-4-18(5-7-19)13-9-10(14(15)16)8-12-11(13)2-3-17-12/h10-12,14H,1-9,13H2,(H,23,25)(H,24,29);7-9,11H,1-6,10H2,(H,20,22)(H,21,26);7-9,11H,3-6,10H2,1-2H3,(H,20,22)(H,21,26);2-3,8-9,14,17H,4-7H2,1H3. The van der Waals surface area contributed by atoms with E-state index in [9.17, 15) is 46.0 Å². The second kappa shape index (κ2) is 28.9. The number of carbonyl (C=O) groups excluding carboxylic acids is 6. The highest BCUT2D eigenvalue weighted by atomic mass is 35.5. The lowest BCUT2D eigenvalue weighted by atomic mass is 9.86. The number of amides is 9. The molecule has 26 nitrogen and oxygen atoms in total. The number of benzene rings is 4. The molecule has 548 valence electrons. The van der Waals surface area contributed by atoms with Crippen molar-refractivity contribution >= 4 is 147 Å². The number of hydrogen-bond acceptors (Lipinski definition) is 15. The van der Waals surface area contributed by atoms with Crippen molar-refractivity contribution in [3.05, 3.63) is 100 Å². The number of halogens is 5. The van der Waals surface area contributed by atoms with Gasteiger partial charge in [-0.15, -0.1) is 0 Å². The van der Waals surface area contributed by atoms with Crippen molar-refractivity contribution in [1.82, 2.24) is 70.5 Å². The van der Waals surface area contributed by atoms with Crippen molar-refractivity contribution in [1.29, 1.82) is 0 Å². The molecule has 9 amide bonds. The Morgan fingerprint density at radius 3 is 1.25 bits per heavy atom. The Morgan fingerprint density at radius 1 is 0.485 bits per heavy atom. The predicted molar refractivity (Wildman–Crippen MR) is 393 cm³/mol. The first-order valence-corrected chi connectivity index (χ1v) is 38.5. The van der Waals surface area contributed by atoms with E-state index in [2.05, 4.69) is 66.2 Å². The number of carbonyl (C=O) groups is 6. The lowest BCUT2D eigenvalue weighted by Gasteiger charge is -2.38. The summed E-state index contributed by atoms with van der Waals surface area (Å²) in [6.45, 7) is 11.4. The third kappa shape index (κ3) is 14.6. The first-order chi connectivity index (χ1) is 49.4. The molecule has 7 N–H and O–H groups in total. The van der Waals surface area contributed by atoms with E-state index in [1.165, 1.54) is 56.7 Å². The predicted octanol–water partition coefficient (Wildman–Crippen LogP) is 11.2. The molecule has 4 aromatic heterocycles. The third-order valence-electron chi connectivity index (χ3n) is 21.9. The van der Waals surface area contributed by atoms with Crippen molar-refractivity contribution in [2.24, 2.45) is 17.8 Å². The van der Waals surface area contributed by atoms with Crippen LogP contribution in [0.3, 0.4) is 0 Å². The topological polar surface area (TPSA) is 300 Å². The van der Waals surface area contributed by atoms with Crippen molar-refractivity contribution in [3.63, 3.8) is 0 Å². The molecule has 3 spiro atoms. The van der Waals surface area contributed by atoms with Crippen molar-refractivity contribution in [2.45, 2.75) is 120 Å². The van der Waals surface area contributed by atoms with E-state index in [0.717, 1.165) is 86.5 Å².